The first-order valence-corrected chi connectivity index (χ1v) is 11.3. The van der Waals surface area contributed by atoms with Crippen LogP contribution in [0.25, 0.3) is 21.7 Å². The number of aromatic nitrogens is 2. The summed E-state index contributed by atoms with van der Waals surface area (Å²) < 4.78 is 27.0. The van der Waals surface area contributed by atoms with Gasteiger partial charge in [0, 0.05) is 29.9 Å². The average Bonchev–Trinajstić information content (AvgIpc) is 3.41. The zero-order chi connectivity index (χ0) is 19.8. The minimum Gasteiger partial charge on any atom is -0.315 e. The predicted octanol–water partition coefficient (Wildman–Crippen LogP) is 3.00. The van der Waals surface area contributed by atoms with Crippen LogP contribution < -0.4 is 10.6 Å². The number of hydrogen-bond acceptors (Lipinski definition) is 5. The first-order valence-electron chi connectivity index (χ1n) is 9.77. The van der Waals surface area contributed by atoms with E-state index in [0.29, 0.717) is 33.8 Å². The standard InChI is InChI=1S/C22H22N4O2S/c27-29(28,21-7-3-5-16-4-1-2-6-18(16)21)22-19-12-15(8-9-20(19)25-26-22)13-24-17-10-11-23-14-17/h1-9,12,17,23-24H,10-11,13-14H2,(H,25,26)/t17-/m0/s1. The van der Waals surface area contributed by atoms with Gasteiger partial charge in [0.05, 0.1) is 10.4 Å². The number of rotatable bonds is 5. The molecule has 0 saturated carbocycles. The second-order valence-electron chi connectivity index (χ2n) is 7.46. The van der Waals surface area contributed by atoms with E-state index in [1.807, 2.05) is 48.5 Å². The van der Waals surface area contributed by atoms with Crippen LogP contribution in [-0.2, 0) is 16.4 Å². The molecule has 29 heavy (non-hydrogen) atoms. The van der Waals surface area contributed by atoms with E-state index in [1.165, 1.54) is 0 Å². The van der Waals surface area contributed by atoms with Crippen molar-refractivity contribution >= 4 is 31.5 Å². The van der Waals surface area contributed by atoms with Gasteiger partial charge in [-0.15, -0.1) is 0 Å². The normalized spacial score (nSPS) is 17.3. The van der Waals surface area contributed by atoms with Crippen molar-refractivity contribution < 1.29 is 8.42 Å². The Bertz CT molecular complexity index is 1290. The van der Waals surface area contributed by atoms with Crippen LogP contribution in [0.5, 0.6) is 0 Å². The van der Waals surface area contributed by atoms with Gasteiger partial charge in [-0.25, -0.2) is 8.42 Å². The highest BCUT2D eigenvalue weighted by molar-refractivity contribution is 7.91. The Morgan fingerprint density at radius 1 is 1.03 bits per heavy atom. The molecule has 5 rings (SSSR count). The molecule has 1 aliphatic rings. The fraction of sp³-hybridized carbons (Fsp3) is 0.227. The summed E-state index contributed by atoms with van der Waals surface area (Å²) in [6.07, 6.45) is 1.11. The average molecular weight is 407 g/mol. The number of benzene rings is 3. The van der Waals surface area contributed by atoms with Crippen LogP contribution in [0.4, 0.5) is 0 Å². The molecular weight excluding hydrogens is 384 g/mol. The van der Waals surface area contributed by atoms with Crippen molar-refractivity contribution in [2.24, 2.45) is 0 Å². The molecule has 0 bridgehead atoms. The van der Waals surface area contributed by atoms with Gasteiger partial charge in [0.1, 0.15) is 0 Å². The van der Waals surface area contributed by atoms with E-state index in [4.69, 9.17) is 0 Å². The van der Waals surface area contributed by atoms with E-state index in [0.717, 1.165) is 30.5 Å². The second-order valence-corrected chi connectivity index (χ2v) is 9.31. The molecule has 2 heterocycles. The maximum Gasteiger partial charge on any atom is 0.224 e. The molecule has 1 saturated heterocycles. The smallest absolute Gasteiger partial charge is 0.224 e. The Labute approximate surface area is 169 Å². The number of nitrogens with one attached hydrogen (secondary N) is 3. The summed E-state index contributed by atoms with van der Waals surface area (Å²) in [6, 6.07) is 19.1. The highest BCUT2D eigenvalue weighted by Crippen LogP contribution is 2.31. The molecule has 4 aromatic rings. The number of fused-ring (bicyclic) bond motifs is 2. The van der Waals surface area contributed by atoms with Crippen molar-refractivity contribution in [1.29, 1.82) is 0 Å². The van der Waals surface area contributed by atoms with Crippen molar-refractivity contribution in [3.05, 3.63) is 66.2 Å². The third kappa shape index (κ3) is 3.31. The Hall–Kier alpha value is -2.74. The minimum absolute atomic E-state index is 0.147. The molecule has 3 aromatic carbocycles. The fourth-order valence-corrected chi connectivity index (χ4v) is 5.55. The van der Waals surface area contributed by atoms with Crippen molar-refractivity contribution in [2.75, 3.05) is 13.1 Å². The molecule has 3 N–H and O–H groups in total. The van der Waals surface area contributed by atoms with Crippen LogP contribution in [-0.4, -0.2) is 37.7 Å². The molecule has 1 atom stereocenters. The van der Waals surface area contributed by atoms with Crippen molar-refractivity contribution in [3.63, 3.8) is 0 Å². The number of aromatic amines is 1. The molecule has 1 aromatic heterocycles. The van der Waals surface area contributed by atoms with Gasteiger partial charge >= 0.3 is 0 Å². The van der Waals surface area contributed by atoms with Crippen molar-refractivity contribution in [1.82, 2.24) is 20.8 Å². The Balaban J connectivity index is 1.55. The van der Waals surface area contributed by atoms with Gasteiger partial charge < -0.3 is 10.6 Å². The molecule has 0 spiro atoms. The summed E-state index contributed by atoms with van der Waals surface area (Å²) in [4.78, 5) is 0.293. The number of nitrogens with zero attached hydrogens (tertiary/aromatic N) is 1. The van der Waals surface area contributed by atoms with Gasteiger partial charge in [0.15, 0.2) is 5.03 Å². The predicted molar refractivity (Wildman–Crippen MR) is 114 cm³/mol. The van der Waals surface area contributed by atoms with Crippen molar-refractivity contribution in [3.8, 4) is 0 Å². The van der Waals surface area contributed by atoms with Gasteiger partial charge in [0.2, 0.25) is 9.84 Å². The number of sulfone groups is 1. The SMILES string of the molecule is O=S(=O)(c1cccc2ccccc12)c1[nH]nc2ccc(CN[C@H]3CCNC3)cc12. The number of hydrogen-bond donors (Lipinski definition) is 3. The Morgan fingerprint density at radius 3 is 2.76 bits per heavy atom. The zero-order valence-corrected chi connectivity index (χ0v) is 16.7. The summed E-state index contributed by atoms with van der Waals surface area (Å²) in [6.45, 7) is 2.70. The third-order valence-electron chi connectivity index (χ3n) is 5.55. The molecule has 0 radical (unpaired) electrons. The summed E-state index contributed by atoms with van der Waals surface area (Å²) in [5.41, 5.74) is 1.69. The topological polar surface area (TPSA) is 86.9 Å². The lowest BCUT2D eigenvalue weighted by Crippen LogP contribution is -2.30. The van der Waals surface area contributed by atoms with Crippen molar-refractivity contribution in [2.45, 2.75) is 28.9 Å². The summed E-state index contributed by atoms with van der Waals surface area (Å²) >= 11 is 0. The molecule has 0 aliphatic carbocycles. The van der Waals surface area contributed by atoms with E-state index in [2.05, 4.69) is 20.8 Å². The molecule has 0 amide bonds. The summed E-state index contributed by atoms with van der Waals surface area (Å²) in [7, 11) is -3.74. The lowest BCUT2D eigenvalue weighted by atomic mass is 10.1. The quantitative estimate of drug-likeness (QED) is 0.474. The van der Waals surface area contributed by atoms with Gasteiger partial charge in [-0.1, -0.05) is 42.5 Å². The minimum atomic E-state index is -3.74. The maximum atomic E-state index is 13.5. The molecule has 1 fully saturated rings. The summed E-state index contributed by atoms with van der Waals surface area (Å²) in [5, 5.41) is 16.3. The first-order chi connectivity index (χ1) is 14.1. The van der Waals surface area contributed by atoms with Crippen LogP contribution in [0.1, 0.15) is 12.0 Å². The fourth-order valence-electron chi connectivity index (χ4n) is 3.98. The Kier molecular flexibility index (Phi) is 4.58. The van der Waals surface area contributed by atoms with E-state index in [9.17, 15) is 8.42 Å². The van der Waals surface area contributed by atoms with Gasteiger partial charge in [-0.3, -0.25) is 5.10 Å². The zero-order valence-electron chi connectivity index (χ0n) is 15.9. The van der Waals surface area contributed by atoms with E-state index >= 15 is 0 Å². The highest BCUT2D eigenvalue weighted by atomic mass is 32.2. The van der Waals surface area contributed by atoms with E-state index < -0.39 is 9.84 Å². The highest BCUT2D eigenvalue weighted by Gasteiger charge is 2.25. The van der Waals surface area contributed by atoms with Crippen LogP contribution in [0.2, 0.25) is 0 Å². The van der Waals surface area contributed by atoms with Crippen LogP contribution >= 0.6 is 0 Å². The van der Waals surface area contributed by atoms with Gasteiger partial charge in [-0.2, -0.15) is 5.10 Å². The van der Waals surface area contributed by atoms with Gasteiger partial charge in [-0.05, 0) is 42.1 Å². The summed E-state index contributed by atoms with van der Waals surface area (Å²) in [5.74, 6) is 0. The Morgan fingerprint density at radius 2 is 1.90 bits per heavy atom. The van der Waals surface area contributed by atoms with Crippen LogP contribution in [0, 0.1) is 0 Å². The first kappa shape index (κ1) is 18.3. The van der Waals surface area contributed by atoms with Gasteiger partial charge in [0.25, 0.3) is 0 Å². The van der Waals surface area contributed by atoms with Crippen LogP contribution in [0.15, 0.2) is 70.6 Å². The molecule has 148 valence electrons. The molecule has 7 heteroatoms. The number of H-pyrrole nitrogens is 1. The monoisotopic (exact) mass is 406 g/mol. The maximum absolute atomic E-state index is 13.5. The lowest BCUT2D eigenvalue weighted by Gasteiger charge is -2.11. The van der Waals surface area contributed by atoms with Crippen LogP contribution in [0.3, 0.4) is 0 Å². The molecule has 6 nitrogen and oxygen atoms in total. The van der Waals surface area contributed by atoms with E-state index in [-0.39, 0.29) is 5.03 Å². The van der Waals surface area contributed by atoms with E-state index in [1.54, 1.807) is 12.1 Å². The molecule has 0 unspecified atom stereocenters. The third-order valence-corrected chi connectivity index (χ3v) is 7.33. The second kappa shape index (κ2) is 7.26. The lowest BCUT2D eigenvalue weighted by molar-refractivity contribution is 0.547. The molecule has 1 aliphatic heterocycles. The largest absolute Gasteiger partial charge is 0.315 e. The molecular formula is C22H22N4O2S.